The number of aromatic nitrogens is 2. The van der Waals surface area contributed by atoms with Crippen LogP contribution in [0, 0.1) is 6.08 Å². The maximum atomic E-state index is 12.2. The molecule has 0 bridgehead atoms. The molecule has 1 aromatic rings. The Morgan fingerprint density at radius 1 is 1.70 bits per heavy atom. The smallest absolute Gasteiger partial charge is 0.310 e. The highest BCUT2D eigenvalue weighted by Gasteiger charge is 2.01. The van der Waals surface area contributed by atoms with Gasteiger partial charge in [-0.25, -0.2) is 4.98 Å². The maximum absolute atomic E-state index is 12.2. The summed E-state index contributed by atoms with van der Waals surface area (Å²) in [5.41, 5.74) is 0. The second kappa shape index (κ2) is 2.47. The van der Waals surface area contributed by atoms with Gasteiger partial charge in [-0.3, -0.25) is 0 Å². The van der Waals surface area contributed by atoms with Crippen molar-refractivity contribution in [1.29, 1.82) is 0 Å². The summed E-state index contributed by atoms with van der Waals surface area (Å²) < 4.78 is 12.2. The van der Waals surface area contributed by atoms with E-state index in [9.17, 15) is 4.39 Å². The predicted octanol–water partition coefficient (Wildman–Crippen LogP) is 0.363. The molecule has 0 aliphatic carbocycles. The average Bonchev–Trinajstić information content (AvgIpc) is 1.94. The van der Waals surface area contributed by atoms with Crippen LogP contribution >= 0.6 is 0 Å². The van der Waals surface area contributed by atoms with Crippen molar-refractivity contribution in [3.8, 4) is 5.75 Å². The third kappa shape index (κ3) is 1.12. The van der Waals surface area contributed by atoms with Gasteiger partial charge >= 0.3 is 6.08 Å². The van der Waals surface area contributed by atoms with Gasteiger partial charge in [0, 0.05) is 7.05 Å². The van der Waals surface area contributed by atoms with Crippen molar-refractivity contribution in [3.63, 3.8) is 0 Å². The van der Waals surface area contributed by atoms with E-state index >= 15 is 0 Å². The summed E-state index contributed by atoms with van der Waals surface area (Å²) in [7, 11) is 1.53. The topological polar surface area (TPSA) is 58.0 Å². The first-order chi connectivity index (χ1) is 4.74. The Bertz CT molecular complexity index is 240. The van der Waals surface area contributed by atoms with Crippen molar-refractivity contribution in [2.24, 2.45) is 0 Å². The molecule has 1 aromatic heterocycles. The second-order valence-electron chi connectivity index (χ2n) is 1.62. The third-order valence-electron chi connectivity index (χ3n) is 0.977. The van der Waals surface area contributed by atoms with Gasteiger partial charge in [-0.15, -0.1) is 0 Å². The maximum Gasteiger partial charge on any atom is 0.310 e. The van der Waals surface area contributed by atoms with Crippen LogP contribution in [0.2, 0.25) is 0 Å². The Balaban J connectivity index is 3.09. The van der Waals surface area contributed by atoms with Crippen LogP contribution in [0.15, 0.2) is 6.20 Å². The van der Waals surface area contributed by atoms with Gasteiger partial charge in [0.25, 0.3) is 0 Å². The Morgan fingerprint density at radius 3 is 2.90 bits per heavy atom. The van der Waals surface area contributed by atoms with E-state index in [1.54, 1.807) is 0 Å². The molecule has 0 spiro atoms. The standard InChI is InChI=1S/C5H6FN3O/c1-7-4-3(10)2-8-5(6)9-4/h2,10H,1H3,(H,7,8,9). The van der Waals surface area contributed by atoms with Crippen molar-refractivity contribution in [2.75, 3.05) is 12.4 Å². The molecule has 0 saturated carbocycles. The molecule has 5 heteroatoms. The molecule has 0 saturated heterocycles. The Hall–Kier alpha value is -1.39. The summed E-state index contributed by atoms with van der Waals surface area (Å²) >= 11 is 0. The van der Waals surface area contributed by atoms with Crippen LogP contribution in [0.4, 0.5) is 10.2 Å². The van der Waals surface area contributed by atoms with Gasteiger partial charge in [0.2, 0.25) is 0 Å². The first kappa shape index (κ1) is 6.73. The van der Waals surface area contributed by atoms with Crippen LogP contribution in [-0.2, 0) is 0 Å². The summed E-state index contributed by atoms with van der Waals surface area (Å²) in [4.78, 5) is 6.37. The minimum absolute atomic E-state index is 0.0903. The van der Waals surface area contributed by atoms with Gasteiger partial charge in [-0.2, -0.15) is 9.37 Å². The van der Waals surface area contributed by atoms with Gasteiger partial charge in [-0.1, -0.05) is 0 Å². The molecule has 0 radical (unpaired) electrons. The van der Waals surface area contributed by atoms with Crippen molar-refractivity contribution >= 4 is 5.82 Å². The van der Waals surface area contributed by atoms with Crippen LogP contribution in [0.25, 0.3) is 0 Å². The second-order valence-corrected chi connectivity index (χ2v) is 1.62. The molecule has 0 amide bonds. The first-order valence-corrected chi connectivity index (χ1v) is 2.63. The molecular formula is C5H6FN3O. The van der Waals surface area contributed by atoms with Gasteiger partial charge < -0.3 is 10.4 Å². The number of hydrogen-bond acceptors (Lipinski definition) is 4. The molecule has 0 atom stereocenters. The number of hydrogen-bond donors (Lipinski definition) is 2. The van der Waals surface area contributed by atoms with E-state index < -0.39 is 6.08 Å². The lowest BCUT2D eigenvalue weighted by Crippen LogP contribution is -1.96. The molecule has 0 unspecified atom stereocenters. The van der Waals surface area contributed by atoms with Crippen LogP contribution in [0.5, 0.6) is 5.75 Å². The Kier molecular flexibility index (Phi) is 1.66. The van der Waals surface area contributed by atoms with Crippen molar-refractivity contribution in [1.82, 2.24) is 9.97 Å². The van der Waals surface area contributed by atoms with Gasteiger partial charge in [-0.05, 0) is 0 Å². The summed E-state index contributed by atoms with van der Waals surface area (Å²) in [6.07, 6.45) is 0.135. The molecule has 0 aliphatic heterocycles. The van der Waals surface area contributed by atoms with Gasteiger partial charge in [0.15, 0.2) is 11.6 Å². The van der Waals surface area contributed by atoms with E-state index in [1.807, 2.05) is 0 Å². The monoisotopic (exact) mass is 143 g/mol. The molecule has 1 heterocycles. The SMILES string of the molecule is CNc1nc(F)ncc1O. The summed E-state index contributed by atoms with van der Waals surface area (Å²) in [6, 6.07) is 0. The van der Waals surface area contributed by atoms with E-state index in [4.69, 9.17) is 5.11 Å². The van der Waals surface area contributed by atoms with Crippen LogP contribution < -0.4 is 5.32 Å². The fourth-order valence-electron chi connectivity index (χ4n) is 0.538. The molecule has 4 nitrogen and oxygen atoms in total. The zero-order valence-corrected chi connectivity index (χ0v) is 5.30. The number of nitrogens with one attached hydrogen (secondary N) is 1. The average molecular weight is 143 g/mol. The number of aromatic hydroxyl groups is 1. The highest BCUT2D eigenvalue weighted by molar-refractivity contribution is 5.45. The lowest BCUT2D eigenvalue weighted by Gasteiger charge is -1.99. The van der Waals surface area contributed by atoms with Gasteiger partial charge in [0.1, 0.15) is 0 Å². The van der Waals surface area contributed by atoms with Crippen molar-refractivity contribution < 1.29 is 9.50 Å². The normalized spacial score (nSPS) is 9.40. The van der Waals surface area contributed by atoms with Crippen molar-refractivity contribution in [2.45, 2.75) is 0 Å². The summed E-state index contributed by atoms with van der Waals surface area (Å²) in [5, 5.41) is 11.4. The molecule has 0 aromatic carbocycles. The molecule has 2 N–H and O–H groups in total. The molecule has 54 valence electrons. The quantitative estimate of drug-likeness (QED) is 0.557. The molecule has 1 rings (SSSR count). The largest absolute Gasteiger partial charge is 0.503 e. The van der Waals surface area contributed by atoms with E-state index in [1.165, 1.54) is 7.05 Å². The zero-order valence-electron chi connectivity index (χ0n) is 5.30. The molecule has 10 heavy (non-hydrogen) atoms. The summed E-state index contributed by atoms with van der Waals surface area (Å²) in [6.45, 7) is 0. The minimum Gasteiger partial charge on any atom is -0.503 e. The lowest BCUT2D eigenvalue weighted by atomic mass is 10.5. The molecule has 0 aliphatic rings. The van der Waals surface area contributed by atoms with Gasteiger partial charge in [0.05, 0.1) is 6.20 Å². The van der Waals surface area contributed by atoms with Crippen molar-refractivity contribution in [3.05, 3.63) is 12.3 Å². The molecular weight excluding hydrogens is 137 g/mol. The fraction of sp³-hybridized carbons (Fsp3) is 0.200. The zero-order chi connectivity index (χ0) is 7.56. The molecule has 0 fully saturated rings. The lowest BCUT2D eigenvalue weighted by molar-refractivity contribution is 0.459. The predicted molar refractivity (Wildman–Crippen MR) is 33.2 cm³/mol. The number of rotatable bonds is 1. The van der Waals surface area contributed by atoms with E-state index in [2.05, 4.69) is 15.3 Å². The Morgan fingerprint density at radius 2 is 2.40 bits per heavy atom. The fourth-order valence-corrected chi connectivity index (χ4v) is 0.538. The highest BCUT2D eigenvalue weighted by Crippen LogP contribution is 2.16. The first-order valence-electron chi connectivity index (χ1n) is 2.63. The minimum atomic E-state index is -0.859. The van der Waals surface area contributed by atoms with E-state index in [0.29, 0.717) is 0 Å². The number of nitrogens with zero attached hydrogens (tertiary/aromatic N) is 2. The van der Waals surface area contributed by atoms with Crippen LogP contribution in [0.3, 0.4) is 0 Å². The highest BCUT2D eigenvalue weighted by atomic mass is 19.1. The van der Waals surface area contributed by atoms with E-state index in [-0.39, 0.29) is 11.6 Å². The van der Waals surface area contributed by atoms with Crippen LogP contribution in [-0.4, -0.2) is 22.1 Å². The summed E-state index contributed by atoms with van der Waals surface area (Å²) in [5.74, 6) is -0.0728. The number of halogens is 1. The van der Waals surface area contributed by atoms with E-state index in [0.717, 1.165) is 6.20 Å². The third-order valence-corrected chi connectivity index (χ3v) is 0.977. The van der Waals surface area contributed by atoms with Crippen LogP contribution in [0.1, 0.15) is 0 Å². The number of anilines is 1. The Labute approximate surface area is 56.7 Å².